The van der Waals surface area contributed by atoms with Crippen molar-refractivity contribution < 1.29 is 13.2 Å². The summed E-state index contributed by atoms with van der Waals surface area (Å²) in [6.45, 7) is 1.47. The van der Waals surface area contributed by atoms with Gasteiger partial charge in [-0.3, -0.25) is 4.79 Å². The van der Waals surface area contributed by atoms with Gasteiger partial charge in [-0.2, -0.15) is 0 Å². The number of anilines is 1. The van der Waals surface area contributed by atoms with Crippen LogP contribution in [0.2, 0.25) is 0 Å². The molecule has 1 heterocycles. The van der Waals surface area contributed by atoms with Crippen molar-refractivity contribution in [3.8, 4) is 0 Å². The molecule has 5 nitrogen and oxygen atoms in total. The monoisotopic (exact) mass is 414 g/mol. The first kappa shape index (κ1) is 20.2. The highest BCUT2D eigenvalue weighted by atomic mass is 32.2. The average molecular weight is 415 g/mol. The van der Waals surface area contributed by atoms with Crippen LogP contribution in [0.3, 0.4) is 0 Å². The summed E-state index contributed by atoms with van der Waals surface area (Å²) in [5, 5.41) is 3.36. The third kappa shape index (κ3) is 5.50. The van der Waals surface area contributed by atoms with Gasteiger partial charge in [0.1, 0.15) is 0 Å². The standard InChI is InChI=1S/C21H22N2O3S2/c1-15(24)22-21-23-19(13-10-16-6-4-3-5-7-16)20(27-21)14-17-8-11-18(12-9-17)28(2,25)26/h3-9,11-12H,10,13-14H2,1-2H3,(H,22,23,24). The molecule has 3 rings (SSSR count). The minimum absolute atomic E-state index is 0.146. The lowest BCUT2D eigenvalue weighted by atomic mass is 10.1. The van der Waals surface area contributed by atoms with Gasteiger partial charge in [-0.25, -0.2) is 13.4 Å². The maximum Gasteiger partial charge on any atom is 0.223 e. The molecule has 1 aromatic heterocycles. The summed E-state index contributed by atoms with van der Waals surface area (Å²) in [4.78, 5) is 17.4. The average Bonchev–Trinajstić information content (AvgIpc) is 3.01. The zero-order valence-electron chi connectivity index (χ0n) is 15.8. The van der Waals surface area contributed by atoms with Gasteiger partial charge in [0.2, 0.25) is 5.91 Å². The van der Waals surface area contributed by atoms with E-state index in [9.17, 15) is 13.2 Å². The number of carbonyl (C=O) groups is 1. The molecule has 1 N–H and O–H groups in total. The maximum absolute atomic E-state index is 11.6. The quantitative estimate of drug-likeness (QED) is 0.637. The van der Waals surface area contributed by atoms with Crippen molar-refractivity contribution in [2.24, 2.45) is 0 Å². The van der Waals surface area contributed by atoms with Crippen LogP contribution in [-0.4, -0.2) is 25.6 Å². The molecule has 7 heteroatoms. The SMILES string of the molecule is CC(=O)Nc1nc(CCc2ccccc2)c(Cc2ccc(S(C)(=O)=O)cc2)s1. The normalized spacial score (nSPS) is 11.4. The lowest BCUT2D eigenvalue weighted by Crippen LogP contribution is -2.05. The molecule has 1 amide bonds. The van der Waals surface area contributed by atoms with Crippen molar-refractivity contribution in [1.29, 1.82) is 0 Å². The lowest BCUT2D eigenvalue weighted by Gasteiger charge is -2.05. The van der Waals surface area contributed by atoms with Crippen LogP contribution >= 0.6 is 11.3 Å². The number of nitrogens with zero attached hydrogens (tertiary/aromatic N) is 1. The number of amides is 1. The molecule has 2 aromatic carbocycles. The van der Waals surface area contributed by atoms with Crippen molar-refractivity contribution in [2.75, 3.05) is 11.6 Å². The minimum atomic E-state index is -3.21. The molecule has 0 saturated heterocycles. The Morgan fingerprint density at radius 1 is 1.00 bits per heavy atom. The van der Waals surface area contributed by atoms with Crippen LogP contribution in [0.4, 0.5) is 5.13 Å². The van der Waals surface area contributed by atoms with Crippen molar-refractivity contribution in [3.05, 3.63) is 76.3 Å². The molecule has 0 saturated carbocycles. The second-order valence-corrected chi connectivity index (χ2v) is 9.75. The Morgan fingerprint density at radius 3 is 2.29 bits per heavy atom. The highest BCUT2D eigenvalue weighted by Gasteiger charge is 2.14. The van der Waals surface area contributed by atoms with E-state index in [1.165, 1.54) is 30.1 Å². The van der Waals surface area contributed by atoms with E-state index in [0.29, 0.717) is 16.4 Å². The van der Waals surface area contributed by atoms with Gasteiger partial charge in [-0.1, -0.05) is 42.5 Å². The fourth-order valence-corrected chi connectivity index (χ4v) is 4.59. The van der Waals surface area contributed by atoms with Gasteiger partial charge < -0.3 is 5.32 Å². The van der Waals surface area contributed by atoms with Gasteiger partial charge >= 0.3 is 0 Å². The first-order chi connectivity index (χ1) is 13.3. The molecule has 0 fully saturated rings. The summed E-state index contributed by atoms with van der Waals surface area (Å²) in [5.74, 6) is -0.146. The van der Waals surface area contributed by atoms with Crippen LogP contribution in [0, 0.1) is 0 Å². The van der Waals surface area contributed by atoms with Gasteiger partial charge in [-0.05, 0) is 36.1 Å². The Labute approximate surface area is 169 Å². The second-order valence-electron chi connectivity index (χ2n) is 6.65. The summed E-state index contributed by atoms with van der Waals surface area (Å²) in [5.41, 5.74) is 3.20. The Morgan fingerprint density at radius 2 is 1.68 bits per heavy atom. The summed E-state index contributed by atoms with van der Waals surface area (Å²) < 4.78 is 23.3. The van der Waals surface area contributed by atoms with Gasteiger partial charge in [0.15, 0.2) is 15.0 Å². The Balaban J connectivity index is 1.81. The number of hydrogen-bond donors (Lipinski definition) is 1. The zero-order valence-corrected chi connectivity index (χ0v) is 17.4. The van der Waals surface area contributed by atoms with Crippen LogP contribution in [-0.2, 0) is 33.9 Å². The number of aromatic nitrogens is 1. The number of hydrogen-bond acceptors (Lipinski definition) is 5. The van der Waals surface area contributed by atoms with Gasteiger partial charge in [-0.15, -0.1) is 11.3 Å². The molecule has 0 spiro atoms. The summed E-state index contributed by atoms with van der Waals surface area (Å²) in [7, 11) is -3.21. The van der Waals surface area contributed by atoms with E-state index in [-0.39, 0.29) is 5.91 Å². The zero-order chi connectivity index (χ0) is 20.1. The van der Waals surface area contributed by atoms with E-state index in [1.807, 2.05) is 30.3 Å². The second kappa shape index (κ2) is 8.67. The molecule has 0 aliphatic carbocycles. The molecule has 0 aliphatic rings. The van der Waals surface area contributed by atoms with Crippen molar-refractivity contribution in [3.63, 3.8) is 0 Å². The Kier molecular flexibility index (Phi) is 6.26. The third-order valence-corrected chi connectivity index (χ3v) is 6.41. The van der Waals surface area contributed by atoms with Crippen molar-refractivity contribution in [1.82, 2.24) is 4.98 Å². The van der Waals surface area contributed by atoms with Crippen molar-refractivity contribution >= 4 is 32.2 Å². The number of aryl methyl sites for hydroxylation is 2. The lowest BCUT2D eigenvalue weighted by molar-refractivity contribution is -0.114. The molecule has 146 valence electrons. The molecule has 0 bridgehead atoms. The summed E-state index contributed by atoms with van der Waals surface area (Å²) >= 11 is 1.47. The van der Waals surface area contributed by atoms with E-state index in [4.69, 9.17) is 0 Å². The fourth-order valence-electron chi connectivity index (χ4n) is 2.87. The van der Waals surface area contributed by atoms with E-state index in [2.05, 4.69) is 22.4 Å². The largest absolute Gasteiger partial charge is 0.302 e. The highest BCUT2D eigenvalue weighted by molar-refractivity contribution is 7.90. The van der Waals surface area contributed by atoms with Crippen molar-refractivity contribution in [2.45, 2.75) is 31.1 Å². The minimum Gasteiger partial charge on any atom is -0.302 e. The van der Waals surface area contributed by atoms with E-state index < -0.39 is 9.84 Å². The van der Waals surface area contributed by atoms with Gasteiger partial charge in [0, 0.05) is 24.5 Å². The van der Waals surface area contributed by atoms with Crippen LogP contribution in [0.15, 0.2) is 59.5 Å². The summed E-state index contributed by atoms with van der Waals surface area (Å²) in [6.07, 6.45) is 3.49. The number of rotatable bonds is 7. The van der Waals surface area contributed by atoms with E-state index in [0.717, 1.165) is 29.0 Å². The van der Waals surface area contributed by atoms with Crippen LogP contribution in [0.1, 0.15) is 28.6 Å². The predicted octanol–water partition coefficient (Wildman–Crippen LogP) is 3.88. The fraction of sp³-hybridized carbons (Fsp3) is 0.238. The molecule has 3 aromatic rings. The number of benzene rings is 2. The van der Waals surface area contributed by atoms with Crippen LogP contribution in [0.25, 0.3) is 0 Å². The number of thiazole rings is 1. The first-order valence-corrected chi connectivity index (χ1v) is 11.6. The molecule has 0 unspecified atom stereocenters. The van der Waals surface area contributed by atoms with E-state index in [1.54, 1.807) is 12.1 Å². The molecule has 0 radical (unpaired) electrons. The Bertz CT molecular complexity index is 1060. The number of nitrogens with one attached hydrogen (secondary N) is 1. The third-order valence-electron chi connectivity index (χ3n) is 4.27. The predicted molar refractivity (Wildman–Crippen MR) is 113 cm³/mol. The number of carbonyl (C=O) groups excluding carboxylic acids is 1. The smallest absolute Gasteiger partial charge is 0.223 e. The molecule has 0 aliphatic heterocycles. The first-order valence-electron chi connectivity index (χ1n) is 8.90. The van der Waals surface area contributed by atoms with Gasteiger partial charge in [0.05, 0.1) is 10.6 Å². The topological polar surface area (TPSA) is 76.1 Å². The van der Waals surface area contributed by atoms with Crippen LogP contribution < -0.4 is 5.32 Å². The van der Waals surface area contributed by atoms with E-state index >= 15 is 0 Å². The molecule has 0 atom stereocenters. The molecular weight excluding hydrogens is 392 g/mol. The van der Waals surface area contributed by atoms with Crippen LogP contribution in [0.5, 0.6) is 0 Å². The maximum atomic E-state index is 11.6. The highest BCUT2D eigenvalue weighted by Crippen LogP contribution is 2.27. The summed E-state index contributed by atoms with van der Waals surface area (Å²) in [6, 6.07) is 17.1. The molecule has 28 heavy (non-hydrogen) atoms. The molecular formula is C21H22N2O3S2. The Hall–Kier alpha value is -2.51. The van der Waals surface area contributed by atoms with Gasteiger partial charge in [0.25, 0.3) is 0 Å². The number of sulfone groups is 1.